The number of carbonyl (C=O) groups is 1. The first-order valence-corrected chi connectivity index (χ1v) is 9.44. The zero-order valence-corrected chi connectivity index (χ0v) is 15.6. The highest BCUT2D eigenvalue weighted by Gasteiger charge is 2.06. The summed E-state index contributed by atoms with van der Waals surface area (Å²) in [6, 6.07) is 5.25. The first-order valence-electron chi connectivity index (χ1n) is 7.26. The summed E-state index contributed by atoms with van der Waals surface area (Å²) in [6.07, 6.45) is 4.86. The van der Waals surface area contributed by atoms with Crippen LogP contribution in [0.2, 0.25) is 0 Å². The van der Waals surface area contributed by atoms with Crippen LogP contribution in [0.4, 0.5) is 0 Å². The maximum atomic E-state index is 10.6. The minimum absolute atomic E-state index is 0.450. The van der Waals surface area contributed by atoms with Crippen LogP contribution in [0.3, 0.4) is 0 Å². The number of carbonyl (C=O) groups excluding carboxylic acids is 1. The van der Waals surface area contributed by atoms with Gasteiger partial charge in [0.2, 0.25) is 0 Å². The number of nitrogens with two attached hydrogens (primary N) is 1. The number of aldehydes is 1. The normalized spacial score (nSPS) is 14.0. The van der Waals surface area contributed by atoms with E-state index >= 15 is 0 Å². The molecule has 0 saturated heterocycles. The van der Waals surface area contributed by atoms with Crippen molar-refractivity contribution < 1.29 is 4.79 Å². The van der Waals surface area contributed by atoms with Crippen LogP contribution in [0.25, 0.3) is 12.7 Å². The van der Waals surface area contributed by atoms with E-state index in [0.29, 0.717) is 17.2 Å². The molecule has 0 aliphatic heterocycles. The second kappa shape index (κ2) is 9.13. The number of pyridine rings is 1. The molecule has 2 heterocycles. The van der Waals surface area contributed by atoms with Crippen LogP contribution in [0.5, 0.6) is 0 Å². The smallest absolute Gasteiger partial charge is 0.151 e. The van der Waals surface area contributed by atoms with Gasteiger partial charge in [-0.25, -0.2) is 4.98 Å². The molecule has 4 nitrogen and oxygen atoms in total. The Morgan fingerprint density at radius 2 is 2.21 bits per heavy atom. The van der Waals surface area contributed by atoms with Crippen molar-refractivity contribution in [3.05, 3.63) is 50.6 Å². The summed E-state index contributed by atoms with van der Waals surface area (Å²) >= 11 is 8.98. The summed E-state index contributed by atoms with van der Waals surface area (Å²) in [7, 11) is 0. The highest BCUT2D eigenvalue weighted by molar-refractivity contribution is 8.00. The number of rotatable bonds is 7. The molecule has 7 heteroatoms. The zero-order chi connectivity index (χ0) is 17.5. The quantitative estimate of drug-likeness (QED) is 0.590. The molecule has 1 atom stereocenters. The minimum Gasteiger partial charge on any atom is -0.321 e. The van der Waals surface area contributed by atoms with Crippen LogP contribution in [0.15, 0.2) is 33.6 Å². The largest absolute Gasteiger partial charge is 0.321 e. The van der Waals surface area contributed by atoms with Gasteiger partial charge < -0.3 is 10.5 Å². The lowest BCUT2D eigenvalue weighted by Crippen LogP contribution is -2.24. The average Bonchev–Trinajstić information content (AvgIpc) is 2.91. The molecular weight excluding hydrogens is 362 g/mol. The molecule has 0 spiro atoms. The first kappa shape index (κ1) is 18.9. The van der Waals surface area contributed by atoms with Crippen LogP contribution in [-0.4, -0.2) is 22.3 Å². The van der Waals surface area contributed by atoms with Gasteiger partial charge in [0.25, 0.3) is 0 Å². The number of allylic oxidation sites excluding steroid dienone is 2. The fourth-order valence-electron chi connectivity index (χ4n) is 1.88. The summed E-state index contributed by atoms with van der Waals surface area (Å²) in [5.74, 6) is 0.695. The van der Waals surface area contributed by atoms with Crippen LogP contribution in [0, 0.1) is 0 Å². The number of thioether (sulfide) groups is 1. The summed E-state index contributed by atoms with van der Waals surface area (Å²) in [6.45, 7) is 5.82. The average molecular weight is 380 g/mol. The van der Waals surface area contributed by atoms with Crippen molar-refractivity contribution >= 4 is 53.6 Å². The Labute approximate surface area is 154 Å². The molecule has 0 saturated carbocycles. The number of hydrogen-bond donors (Lipinski definition) is 1. The van der Waals surface area contributed by atoms with Crippen molar-refractivity contribution in [2.24, 2.45) is 5.73 Å². The molecule has 24 heavy (non-hydrogen) atoms. The molecule has 2 aromatic heterocycles. The van der Waals surface area contributed by atoms with Crippen molar-refractivity contribution in [2.75, 3.05) is 0 Å². The molecule has 2 aromatic rings. The second-order valence-corrected chi connectivity index (χ2v) is 8.02. The summed E-state index contributed by atoms with van der Waals surface area (Å²) in [5.41, 5.74) is 7.39. The van der Waals surface area contributed by atoms with E-state index in [1.807, 2.05) is 31.2 Å². The molecular formula is C17H18ClN3OS2. The van der Waals surface area contributed by atoms with Crippen LogP contribution < -0.4 is 15.6 Å². The SMILES string of the molecule is C=c1sc(SCc2cccc(CC(N)C=O)n2)n/c1=C/C=C(\C)Cl. The second-order valence-electron chi connectivity index (χ2n) is 5.12. The van der Waals surface area contributed by atoms with Gasteiger partial charge in [0.1, 0.15) is 6.29 Å². The van der Waals surface area contributed by atoms with Crippen molar-refractivity contribution in [1.82, 2.24) is 9.97 Å². The number of halogens is 1. The van der Waals surface area contributed by atoms with Crippen molar-refractivity contribution in [2.45, 2.75) is 29.5 Å². The third-order valence-electron chi connectivity index (χ3n) is 3.01. The Morgan fingerprint density at radius 1 is 1.46 bits per heavy atom. The summed E-state index contributed by atoms with van der Waals surface area (Å²) < 4.78 is 1.84. The van der Waals surface area contributed by atoms with E-state index in [4.69, 9.17) is 17.3 Å². The van der Waals surface area contributed by atoms with E-state index in [9.17, 15) is 4.79 Å². The van der Waals surface area contributed by atoms with Gasteiger partial charge in [0.15, 0.2) is 4.34 Å². The fourth-order valence-corrected chi connectivity index (χ4v) is 3.82. The first-order chi connectivity index (χ1) is 11.5. The number of aromatic nitrogens is 2. The third-order valence-corrected chi connectivity index (χ3v) is 5.24. The van der Waals surface area contributed by atoms with Gasteiger partial charge in [0.05, 0.1) is 17.1 Å². The van der Waals surface area contributed by atoms with Gasteiger partial charge >= 0.3 is 0 Å². The molecule has 0 aliphatic rings. The lowest BCUT2D eigenvalue weighted by molar-refractivity contribution is -0.108. The third kappa shape index (κ3) is 5.87. The van der Waals surface area contributed by atoms with Crippen molar-refractivity contribution in [3.8, 4) is 0 Å². The lowest BCUT2D eigenvalue weighted by Gasteiger charge is -2.05. The monoisotopic (exact) mass is 379 g/mol. The number of hydrogen-bond acceptors (Lipinski definition) is 6. The van der Waals surface area contributed by atoms with Crippen molar-refractivity contribution in [1.29, 1.82) is 0 Å². The van der Waals surface area contributed by atoms with E-state index in [1.54, 1.807) is 29.2 Å². The molecule has 126 valence electrons. The molecule has 1 unspecified atom stereocenters. The van der Waals surface area contributed by atoms with Crippen molar-refractivity contribution in [3.63, 3.8) is 0 Å². The highest BCUT2D eigenvalue weighted by Crippen LogP contribution is 2.21. The van der Waals surface area contributed by atoms with Gasteiger partial charge in [0, 0.05) is 27.4 Å². The predicted octanol–water partition coefficient (Wildman–Crippen LogP) is 2.23. The van der Waals surface area contributed by atoms with E-state index in [1.165, 1.54) is 0 Å². The lowest BCUT2D eigenvalue weighted by atomic mass is 10.1. The Balaban J connectivity index is 2.06. The zero-order valence-electron chi connectivity index (χ0n) is 13.2. The Morgan fingerprint density at radius 3 is 2.92 bits per heavy atom. The molecule has 2 N–H and O–H groups in total. The number of thiazole rings is 1. The Bertz CT molecular complexity index is 844. The maximum absolute atomic E-state index is 10.6. The molecule has 0 aliphatic carbocycles. The molecule has 2 rings (SSSR count). The van der Waals surface area contributed by atoms with Crippen LogP contribution in [0.1, 0.15) is 18.3 Å². The summed E-state index contributed by atoms with van der Waals surface area (Å²) in [4.78, 5) is 19.7. The van der Waals surface area contributed by atoms with Gasteiger partial charge in [-0.05, 0) is 31.2 Å². The number of nitrogens with zero attached hydrogens (tertiary/aromatic N) is 2. The molecule has 0 aromatic carbocycles. The standard InChI is InChI=1S/C17H18ClN3OS2/c1-11(18)6-7-16-12(2)24-17(21-16)23-10-15-5-3-4-14(20-15)8-13(19)9-22/h3-7,9,13H,2,8,10,19H2,1H3/b11-6+,16-7+. The van der Waals surface area contributed by atoms with Crippen LogP contribution >= 0.6 is 34.7 Å². The molecule has 0 bridgehead atoms. The molecule has 0 radical (unpaired) electrons. The van der Waals surface area contributed by atoms with E-state index in [0.717, 1.165) is 31.9 Å². The van der Waals surface area contributed by atoms with Crippen LogP contribution in [-0.2, 0) is 17.0 Å². The molecule has 0 fully saturated rings. The highest BCUT2D eigenvalue weighted by atomic mass is 35.5. The topological polar surface area (TPSA) is 68.9 Å². The Kier molecular flexibility index (Phi) is 7.17. The Hall–Kier alpha value is -1.47. The molecule has 0 amide bonds. The minimum atomic E-state index is -0.510. The van der Waals surface area contributed by atoms with Gasteiger partial charge in [-0.1, -0.05) is 36.0 Å². The predicted molar refractivity (Wildman–Crippen MR) is 103 cm³/mol. The maximum Gasteiger partial charge on any atom is 0.151 e. The summed E-state index contributed by atoms with van der Waals surface area (Å²) in [5, 5.41) is 1.53. The van der Waals surface area contributed by atoms with Gasteiger partial charge in [-0.2, -0.15) is 0 Å². The van der Waals surface area contributed by atoms with Gasteiger partial charge in [-0.3, -0.25) is 4.98 Å². The van der Waals surface area contributed by atoms with Gasteiger partial charge in [-0.15, -0.1) is 11.3 Å². The van der Waals surface area contributed by atoms with E-state index in [-0.39, 0.29) is 0 Å². The van der Waals surface area contributed by atoms with E-state index < -0.39 is 6.04 Å². The fraction of sp³-hybridized carbons (Fsp3) is 0.235. The van der Waals surface area contributed by atoms with E-state index in [2.05, 4.69) is 16.5 Å².